The fourth-order valence-corrected chi connectivity index (χ4v) is 1.79. The third kappa shape index (κ3) is 4.06. The average Bonchev–Trinajstić information content (AvgIpc) is 2.20. The topological polar surface area (TPSA) is 37.3 Å². The molecule has 0 radical (unpaired) electrons. The van der Waals surface area contributed by atoms with E-state index in [1.54, 1.807) is 12.1 Å². The summed E-state index contributed by atoms with van der Waals surface area (Å²) in [6, 6.07) is 5.51. The van der Waals surface area contributed by atoms with Gasteiger partial charge in [-0.15, -0.1) is 0 Å². The van der Waals surface area contributed by atoms with Crippen LogP contribution in [0.5, 0.6) is 5.75 Å². The number of phenols is 1. The van der Waals surface area contributed by atoms with E-state index in [1.807, 2.05) is 39.8 Å². The smallest absolute Gasteiger partial charge is 0.156 e. The molecule has 0 aliphatic heterocycles. The third-order valence-electron chi connectivity index (χ3n) is 2.75. The van der Waals surface area contributed by atoms with E-state index in [9.17, 15) is 9.90 Å². The highest BCUT2D eigenvalue weighted by Crippen LogP contribution is 2.25. The van der Waals surface area contributed by atoms with Gasteiger partial charge in [-0.3, -0.25) is 4.79 Å². The van der Waals surface area contributed by atoms with Crippen molar-refractivity contribution >= 4 is 5.78 Å². The molecule has 1 rings (SSSR count). The van der Waals surface area contributed by atoms with Gasteiger partial charge in [-0.25, -0.2) is 0 Å². The normalized spacial score (nSPS) is 12.0. The minimum Gasteiger partial charge on any atom is -0.508 e. The number of phenolic OH excluding ortho intramolecular Hbond substituents is 1. The quantitative estimate of drug-likeness (QED) is 0.803. The molecule has 0 aliphatic carbocycles. The summed E-state index contributed by atoms with van der Waals surface area (Å²) in [5, 5.41) is 9.45. The Morgan fingerprint density at radius 1 is 1.41 bits per heavy atom. The highest BCUT2D eigenvalue weighted by Gasteiger charge is 2.10. The summed E-state index contributed by atoms with van der Waals surface area (Å²) in [4.78, 5) is 11.7. The minimum atomic E-state index is 0.156. The summed E-state index contributed by atoms with van der Waals surface area (Å²) >= 11 is 0. The third-order valence-corrected chi connectivity index (χ3v) is 2.75. The van der Waals surface area contributed by atoms with E-state index in [1.165, 1.54) is 0 Å². The molecule has 92 valence electrons. The molecule has 0 saturated heterocycles. The van der Waals surface area contributed by atoms with E-state index < -0.39 is 0 Å². The van der Waals surface area contributed by atoms with Crippen LogP contribution in [-0.4, -0.2) is 10.9 Å². The lowest BCUT2D eigenvalue weighted by atomic mass is 9.94. The van der Waals surface area contributed by atoms with Gasteiger partial charge in [0.05, 0.1) is 0 Å². The number of allylic oxidation sites excluding steroid dienone is 2. The number of aryl methyl sites for hydroxylation is 1. The van der Waals surface area contributed by atoms with Crippen LogP contribution in [0.15, 0.2) is 29.8 Å². The molecule has 2 nitrogen and oxygen atoms in total. The first kappa shape index (κ1) is 13.5. The Balaban J connectivity index is 2.76. The fraction of sp³-hybridized carbons (Fsp3) is 0.400. The van der Waals surface area contributed by atoms with Gasteiger partial charge in [0.1, 0.15) is 5.75 Å². The van der Waals surface area contributed by atoms with Gasteiger partial charge < -0.3 is 5.11 Å². The number of hydrogen-bond donors (Lipinski definition) is 1. The monoisotopic (exact) mass is 232 g/mol. The first-order chi connectivity index (χ1) is 7.90. The molecule has 1 atom stereocenters. The van der Waals surface area contributed by atoms with Crippen molar-refractivity contribution in [2.75, 3.05) is 0 Å². The zero-order chi connectivity index (χ0) is 13.0. The van der Waals surface area contributed by atoms with Gasteiger partial charge in [0.15, 0.2) is 5.78 Å². The Morgan fingerprint density at radius 2 is 2.06 bits per heavy atom. The SMILES string of the molecule is CC(C)=CC(=O)C[C@@H](C)c1ccc(O)c(C)c1. The van der Waals surface area contributed by atoms with Gasteiger partial charge in [-0.1, -0.05) is 24.6 Å². The maximum absolute atomic E-state index is 11.7. The molecule has 2 heteroatoms. The van der Waals surface area contributed by atoms with Crippen molar-refractivity contribution in [1.82, 2.24) is 0 Å². The Labute approximate surface area is 103 Å². The second-order valence-electron chi connectivity index (χ2n) is 4.84. The van der Waals surface area contributed by atoms with E-state index in [2.05, 4.69) is 0 Å². The van der Waals surface area contributed by atoms with E-state index >= 15 is 0 Å². The van der Waals surface area contributed by atoms with Crippen molar-refractivity contribution in [3.63, 3.8) is 0 Å². The number of ketones is 1. The predicted octanol–water partition coefficient (Wildman–Crippen LogP) is 3.73. The van der Waals surface area contributed by atoms with E-state index in [0.29, 0.717) is 12.2 Å². The van der Waals surface area contributed by atoms with Crippen LogP contribution in [0.4, 0.5) is 0 Å². The van der Waals surface area contributed by atoms with E-state index in [-0.39, 0.29) is 11.7 Å². The highest BCUT2D eigenvalue weighted by molar-refractivity contribution is 5.90. The molecule has 17 heavy (non-hydrogen) atoms. The van der Waals surface area contributed by atoms with E-state index in [0.717, 1.165) is 16.7 Å². The first-order valence-corrected chi connectivity index (χ1v) is 5.87. The molecule has 0 unspecified atom stereocenters. The molecule has 0 heterocycles. The van der Waals surface area contributed by atoms with Crippen LogP contribution in [0.2, 0.25) is 0 Å². The highest BCUT2D eigenvalue weighted by atomic mass is 16.3. The van der Waals surface area contributed by atoms with Crippen LogP contribution in [0, 0.1) is 6.92 Å². The van der Waals surface area contributed by atoms with Crippen LogP contribution in [-0.2, 0) is 4.79 Å². The van der Waals surface area contributed by atoms with Gasteiger partial charge >= 0.3 is 0 Å². The van der Waals surface area contributed by atoms with Crippen LogP contribution in [0.3, 0.4) is 0 Å². The molecule has 1 N–H and O–H groups in total. The molecule has 1 aromatic rings. The van der Waals surface area contributed by atoms with Crippen molar-refractivity contribution in [2.45, 2.75) is 40.0 Å². The minimum absolute atomic E-state index is 0.156. The number of benzene rings is 1. The number of aromatic hydroxyl groups is 1. The lowest BCUT2D eigenvalue weighted by Gasteiger charge is -2.11. The number of carbonyl (C=O) groups is 1. The number of rotatable bonds is 4. The van der Waals surface area contributed by atoms with Crippen LogP contribution in [0.1, 0.15) is 44.2 Å². The van der Waals surface area contributed by atoms with Crippen LogP contribution < -0.4 is 0 Å². The Kier molecular flexibility index (Phi) is 4.50. The predicted molar refractivity (Wildman–Crippen MR) is 70.3 cm³/mol. The summed E-state index contributed by atoms with van der Waals surface area (Å²) in [5.41, 5.74) is 2.98. The Hall–Kier alpha value is -1.57. The first-order valence-electron chi connectivity index (χ1n) is 5.87. The standard InChI is InChI=1S/C15H20O2/c1-10(2)7-14(16)9-11(3)13-5-6-15(17)12(4)8-13/h5-8,11,17H,9H2,1-4H3/t11-/m1/s1. The van der Waals surface area contributed by atoms with Gasteiger partial charge in [0, 0.05) is 6.42 Å². The Bertz CT molecular complexity index is 440. The van der Waals surface area contributed by atoms with Crippen molar-refractivity contribution in [3.8, 4) is 5.75 Å². The lowest BCUT2D eigenvalue weighted by molar-refractivity contribution is -0.114. The van der Waals surface area contributed by atoms with Crippen molar-refractivity contribution < 1.29 is 9.90 Å². The largest absolute Gasteiger partial charge is 0.508 e. The molecular weight excluding hydrogens is 212 g/mol. The average molecular weight is 232 g/mol. The zero-order valence-electron chi connectivity index (χ0n) is 10.9. The molecule has 0 fully saturated rings. The molecule has 1 aromatic carbocycles. The van der Waals surface area contributed by atoms with Crippen LogP contribution >= 0.6 is 0 Å². The van der Waals surface area contributed by atoms with Crippen molar-refractivity contribution in [3.05, 3.63) is 41.0 Å². The summed E-state index contributed by atoms with van der Waals surface area (Å²) in [7, 11) is 0. The second kappa shape index (κ2) is 5.67. The lowest BCUT2D eigenvalue weighted by Crippen LogP contribution is -2.02. The van der Waals surface area contributed by atoms with Gasteiger partial charge in [-0.2, -0.15) is 0 Å². The molecule has 0 aromatic heterocycles. The molecule has 0 amide bonds. The molecular formula is C15H20O2. The summed E-state index contributed by atoms with van der Waals surface area (Å²) in [6.07, 6.45) is 2.19. The van der Waals surface area contributed by atoms with Gasteiger partial charge in [0.2, 0.25) is 0 Å². The maximum Gasteiger partial charge on any atom is 0.156 e. The van der Waals surface area contributed by atoms with Gasteiger partial charge in [-0.05, 0) is 50.0 Å². The number of carbonyl (C=O) groups excluding carboxylic acids is 1. The maximum atomic E-state index is 11.7. The molecule has 0 saturated carbocycles. The summed E-state index contributed by atoms with van der Waals surface area (Å²) < 4.78 is 0. The zero-order valence-corrected chi connectivity index (χ0v) is 10.9. The summed E-state index contributed by atoms with van der Waals surface area (Å²) in [6.45, 7) is 7.74. The van der Waals surface area contributed by atoms with Gasteiger partial charge in [0.25, 0.3) is 0 Å². The van der Waals surface area contributed by atoms with E-state index in [4.69, 9.17) is 0 Å². The second-order valence-corrected chi connectivity index (χ2v) is 4.84. The molecule has 0 aliphatic rings. The fourth-order valence-electron chi connectivity index (χ4n) is 1.79. The molecule has 0 bridgehead atoms. The Morgan fingerprint density at radius 3 is 2.59 bits per heavy atom. The van der Waals surface area contributed by atoms with Crippen molar-refractivity contribution in [1.29, 1.82) is 0 Å². The van der Waals surface area contributed by atoms with Crippen LogP contribution in [0.25, 0.3) is 0 Å². The summed E-state index contributed by atoms with van der Waals surface area (Å²) in [5.74, 6) is 0.636. The number of hydrogen-bond acceptors (Lipinski definition) is 2. The van der Waals surface area contributed by atoms with Crippen molar-refractivity contribution in [2.24, 2.45) is 0 Å². The molecule has 0 spiro atoms.